The van der Waals surface area contributed by atoms with E-state index in [4.69, 9.17) is 5.73 Å². The Morgan fingerprint density at radius 1 is 1.44 bits per heavy atom. The maximum absolute atomic E-state index is 11.5. The van der Waals surface area contributed by atoms with Crippen molar-refractivity contribution in [1.29, 1.82) is 0 Å². The molecule has 0 radical (unpaired) electrons. The fourth-order valence-electron chi connectivity index (χ4n) is 1.99. The quantitative estimate of drug-likeness (QED) is 0.837. The Morgan fingerprint density at radius 2 is 2.06 bits per heavy atom. The highest BCUT2D eigenvalue weighted by molar-refractivity contribution is 9.11. The third-order valence-corrected chi connectivity index (χ3v) is 3.17. The van der Waals surface area contributed by atoms with Crippen molar-refractivity contribution in [2.45, 2.75) is 38.1 Å². The fraction of sp³-hybridized carbons (Fsp3) is 0.727. The van der Waals surface area contributed by atoms with Gasteiger partial charge in [0.05, 0.1) is 0 Å². The standard InChI is InChI=1S/C11H19BrN2O.ClH/c1-8(12)7-14-11(15)6-9-4-2-3-5-10(9)13;/h9-10H,1-7,13H2,(H,14,15);1H. The first-order chi connectivity index (χ1) is 7.09. The van der Waals surface area contributed by atoms with E-state index in [1.807, 2.05) is 0 Å². The van der Waals surface area contributed by atoms with Gasteiger partial charge in [-0.15, -0.1) is 12.4 Å². The van der Waals surface area contributed by atoms with Crippen molar-refractivity contribution in [2.75, 3.05) is 6.54 Å². The number of nitrogens with one attached hydrogen (secondary N) is 1. The lowest BCUT2D eigenvalue weighted by atomic mass is 9.83. The average molecular weight is 312 g/mol. The summed E-state index contributed by atoms with van der Waals surface area (Å²) in [5, 5.41) is 2.81. The second-order valence-electron chi connectivity index (χ2n) is 4.21. The molecule has 1 aliphatic carbocycles. The predicted molar refractivity (Wildman–Crippen MR) is 72.9 cm³/mol. The summed E-state index contributed by atoms with van der Waals surface area (Å²) in [6, 6.07) is 0.205. The molecule has 1 aliphatic rings. The molecule has 0 aromatic carbocycles. The van der Waals surface area contributed by atoms with Crippen molar-refractivity contribution in [3.05, 3.63) is 11.1 Å². The van der Waals surface area contributed by atoms with Gasteiger partial charge in [0, 0.05) is 23.5 Å². The van der Waals surface area contributed by atoms with Gasteiger partial charge in [0.25, 0.3) is 0 Å². The van der Waals surface area contributed by atoms with Crippen LogP contribution < -0.4 is 11.1 Å². The van der Waals surface area contributed by atoms with E-state index in [0.29, 0.717) is 18.9 Å². The minimum absolute atomic E-state index is 0. The highest BCUT2D eigenvalue weighted by Gasteiger charge is 2.23. The Kier molecular flexibility index (Phi) is 8.06. The van der Waals surface area contributed by atoms with Crippen molar-refractivity contribution in [3.63, 3.8) is 0 Å². The number of amides is 1. The molecular weight excluding hydrogens is 291 g/mol. The second-order valence-corrected chi connectivity index (χ2v) is 5.33. The van der Waals surface area contributed by atoms with Crippen LogP contribution in [0.25, 0.3) is 0 Å². The largest absolute Gasteiger partial charge is 0.352 e. The number of carbonyl (C=O) groups is 1. The lowest BCUT2D eigenvalue weighted by Crippen LogP contribution is -2.37. The molecule has 1 fully saturated rings. The number of hydrogen-bond donors (Lipinski definition) is 2. The van der Waals surface area contributed by atoms with Crippen LogP contribution in [-0.4, -0.2) is 18.5 Å². The molecule has 2 atom stereocenters. The van der Waals surface area contributed by atoms with Gasteiger partial charge in [-0.25, -0.2) is 0 Å². The van der Waals surface area contributed by atoms with Crippen molar-refractivity contribution >= 4 is 34.2 Å². The molecule has 16 heavy (non-hydrogen) atoms. The highest BCUT2D eigenvalue weighted by Crippen LogP contribution is 2.25. The van der Waals surface area contributed by atoms with Crippen LogP contribution >= 0.6 is 28.3 Å². The molecule has 5 heteroatoms. The molecule has 0 bridgehead atoms. The molecule has 0 aromatic heterocycles. The Labute approximate surface area is 112 Å². The van der Waals surface area contributed by atoms with E-state index < -0.39 is 0 Å². The molecular formula is C11H20BrClN2O. The zero-order valence-corrected chi connectivity index (χ0v) is 11.8. The summed E-state index contributed by atoms with van der Waals surface area (Å²) in [4.78, 5) is 11.5. The number of rotatable bonds is 4. The maximum atomic E-state index is 11.5. The van der Waals surface area contributed by atoms with E-state index in [9.17, 15) is 4.79 Å². The van der Waals surface area contributed by atoms with Crippen LogP contribution in [0.2, 0.25) is 0 Å². The highest BCUT2D eigenvalue weighted by atomic mass is 79.9. The molecule has 0 aromatic rings. The van der Waals surface area contributed by atoms with Gasteiger partial charge in [0.2, 0.25) is 5.91 Å². The molecule has 0 spiro atoms. The average Bonchev–Trinajstić information content (AvgIpc) is 2.18. The summed E-state index contributed by atoms with van der Waals surface area (Å²) in [6.45, 7) is 4.17. The Balaban J connectivity index is 0.00000225. The summed E-state index contributed by atoms with van der Waals surface area (Å²) < 4.78 is 0.795. The lowest BCUT2D eigenvalue weighted by Gasteiger charge is -2.27. The van der Waals surface area contributed by atoms with Crippen molar-refractivity contribution < 1.29 is 4.79 Å². The third kappa shape index (κ3) is 5.87. The molecule has 2 unspecified atom stereocenters. The smallest absolute Gasteiger partial charge is 0.220 e. The molecule has 1 rings (SSSR count). The SMILES string of the molecule is C=C(Br)CNC(=O)CC1CCCCC1N.Cl. The molecule has 0 aliphatic heterocycles. The maximum Gasteiger partial charge on any atom is 0.220 e. The van der Waals surface area contributed by atoms with E-state index in [1.165, 1.54) is 12.8 Å². The van der Waals surface area contributed by atoms with Gasteiger partial charge in [-0.3, -0.25) is 4.79 Å². The van der Waals surface area contributed by atoms with E-state index in [-0.39, 0.29) is 24.4 Å². The van der Waals surface area contributed by atoms with Crippen LogP contribution in [0.1, 0.15) is 32.1 Å². The van der Waals surface area contributed by atoms with E-state index in [0.717, 1.165) is 17.3 Å². The molecule has 3 nitrogen and oxygen atoms in total. The van der Waals surface area contributed by atoms with E-state index in [2.05, 4.69) is 27.8 Å². The Morgan fingerprint density at radius 3 is 2.62 bits per heavy atom. The summed E-state index contributed by atoms with van der Waals surface area (Å²) in [6.07, 6.45) is 5.11. The van der Waals surface area contributed by atoms with Gasteiger partial charge in [-0.1, -0.05) is 35.4 Å². The van der Waals surface area contributed by atoms with E-state index in [1.54, 1.807) is 0 Å². The fourth-order valence-corrected chi connectivity index (χ4v) is 2.13. The monoisotopic (exact) mass is 310 g/mol. The normalized spacial score (nSPS) is 24.4. The Bertz CT molecular complexity index is 248. The third-order valence-electron chi connectivity index (χ3n) is 2.89. The van der Waals surface area contributed by atoms with Gasteiger partial charge in [0.15, 0.2) is 0 Å². The summed E-state index contributed by atoms with van der Waals surface area (Å²) in [5.74, 6) is 0.445. The lowest BCUT2D eigenvalue weighted by molar-refractivity contribution is -0.122. The predicted octanol–water partition coefficient (Wildman–Crippen LogP) is 2.34. The van der Waals surface area contributed by atoms with Gasteiger partial charge in [0.1, 0.15) is 0 Å². The van der Waals surface area contributed by atoms with Gasteiger partial charge < -0.3 is 11.1 Å². The first-order valence-electron chi connectivity index (χ1n) is 5.45. The van der Waals surface area contributed by atoms with Crippen LogP contribution in [0.3, 0.4) is 0 Å². The van der Waals surface area contributed by atoms with Crippen molar-refractivity contribution in [2.24, 2.45) is 11.7 Å². The summed E-state index contributed by atoms with van der Waals surface area (Å²) in [7, 11) is 0. The van der Waals surface area contributed by atoms with Gasteiger partial charge in [-0.2, -0.15) is 0 Å². The molecule has 1 saturated carbocycles. The molecule has 3 N–H and O–H groups in total. The van der Waals surface area contributed by atoms with Crippen LogP contribution in [0, 0.1) is 5.92 Å². The van der Waals surface area contributed by atoms with Crippen molar-refractivity contribution in [1.82, 2.24) is 5.32 Å². The number of halogens is 2. The second kappa shape index (κ2) is 8.09. The van der Waals surface area contributed by atoms with Gasteiger partial charge >= 0.3 is 0 Å². The summed E-state index contributed by atoms with van der Waals surface area (Å²) >= 11 is 3.21. The Hall–Kier alpha value is -0.0600. The summed E-state index contributed by atoms with van der Waals surface area (Å²) in [5.41, 5.74) is 5.98. The number of nitrogens with two attached hydrogens (primary N) is 1. The number of carbonyl (C=O) groups excluding carboxylic acids is 1. The topological polar surface area (TPSA) is 55.1 Å². The van der Waals surface area contributed by atoms with Gasteiger partial charge in [-0.05, 0) is 18.8 Å². The first kappa shape index (κ1) is 15.9. The number of hydrogen-bond acceptors (Lipinski definition) is 2. The zero-order valence-electron chi connectivity index (χ0n) is 9.38. The van der Waals surface area contributed by atoms with Crippen LogP contribution in [0.4, 0.5) is 0 Å². The zero-order chi connectivity index (χ0) is 11.3. The van der Waals surface area contributed by atoms with Crippen LogP contribution in [0.15, 0.2) is 11.1 Å². The minimum atomic E-state index is 0. The molecule has 0 heterocycles. The minimum Gasteiger partial charge on any atom is -0.352 e. The molecule has 94 valence electrons. The first-order valence-corrected chi connectivity index (χ1v) is 6.24. The van der Waals surface area contributed by atoms with Crippen LogP contribution in [-0.2, 0) is 4.79 Å². The van der Waals surface area contributed by atoms with Crippen molar-refractivity contribution in [3.8, 4) is 0 Å². The molecule has 1 amide bonds. The van der Waals surface area contributed by atoms with E-state index >= 15 is 0 Å². The molecule has 0 saturated heterocycles. The van der Waals surface area contributed by atoms with Crippen LogP contribution in [0.5, 0.6) is 0 Å².